The molecule has 0 spiro atoms. The third-order valence-electron chi connectivity index (χ3n) is 6.84. The Labute approximate surface area is 286 Å². The van der Waals surface area contributed by atoms with E-state index in [-0.39, 0.29) is 90.8 Å². The summed E-state index contributed by atoms with van der Waals surface area (Å²) in [6, 6.07) is 0. The molecule has 0 heterocycles. The zero-order valence-electron chi connectivity index (χ0n) is 25.5. The quantitative estimate of drug-likeness (QED) is 0.0593. The average Bonchev–Trinajstić information content (AvgIpc) is 2.83. The van der Waals surface area contributed by atoms with Crippen molar-refractivity contribution in [2.24, 2.45) is 11.8 Å². The van der Waals surface area contributed by atoms with E-state index in [0.29, 0.717) is 51.0 Å². The first-order valence-electron chi connectivity index (χ1n) is 14.1. The van der Waals surface area contributed by atoms with Crippen LogP contribution in [0.5, 0.6) is 0 Å². The summed E-state index contributed by atoms with van der Waals surface area (Å²) < 4.78 is 80.6. The number of esters is 2. The SMILES string of the molecule is CCCCC(CC)COC(=O)CCCCCCCC(C(=O)OC(C(CC)CCCC)S(=O)(=O)[O-])S(=O)(=O)[O-].[Na+].[Na+]. The summed E-state index contributed by atoms with van der Waals surface area (Å²) in [5, 5.41) is -2.08. The molecule has 10 nitrogen and oxygen atoms in total. The molecule has 226 valence electrons. The van der Waals surface area contributed by atoms with Crippen molar-refractivity contribution in [3.05, 3.63) is 0 Å². The molecule has 0 bridgehead atoms. The van der Waals surface area contributed by atoms with Crippen LogP contribution in [0.25, 0.3) is 0 Å². The zero-order valence-corrected chi connectivity index (χ0v) is 31.2. The van der Waals surface area contributed by atoms with Gasteiger partial charge in [0.15, 0.2) is 5.44 Å². The maximum atomic E-state index is 12.5. The molecule has 0 radical (unpaired) electrons. The van der Waals surface area contributed by atoms with Crippen LogP contribution in [0.15, 0.2) is 0 Å². The van der Waals surface area contributed by atoms with Gasteiger partial charge in [-0.1, -0.05) is 85.5 Å². The van der Waals surface area contributed by atoms with Crippen molar-refractivity contribution >= 4 is 32.2 Å². The van der Waals surface area contributed by atoms with E-state index in [1.165, 1.54) is 0 Å². The average molecular weight is 631 g/mol. The maximum Gasteiger partial charge on any atom is 1.00 e. The second kappa shape index (κ2) is 25.1. The fourth-order valence-corrected chi connectivity index (χ4v) is 6.03. The molecular weight excluding hydrogens is 582 g/mol. The van der Waals surface area contributed by atoms with Crippen molar-refractivity contribution in [1.82, 2.24) is 0 Å². The Balaban J connectivity index is -0.00000684. The normalized spacial score (nSPS) is 14.7. The van der Waals surface area contributed by atoms with Crippen molar-refractivity contribution in [3.8, 4) is 0 Å². The van der Waals surface area contributed by atoms with Gasteiger partial charge in [0.2, 0.25) is 0 Å². The molecule has 0 fully saturated rings. The molecule has 0 aromatic rings. The van der Waals surface area contributed by atoms with Crippen LogP contribution in [0.4, 0.5) is 0 Å². The fourth-order valence-electron chi connectivity index (χ4n) is 4.27. The largest absolute Gasteiger partial charge is 1.00 e. The molecule has 14 heteroatoms. The first-order valence-corrected chi connectivity index (χ1v) is 17.0. The number of unbranched alkanes of at least 4 members (excludes halogenated alkanes) is 6. The topological polar surface area (TPSA) is 167 Å². The number of ether oxygens (including phenoxy) is 2. The molecule has 0 aromatic heterocycles. The van der Waals surface area contributed by atoms with E-state index in [4.69, 9.17) is 9.47 Å². The van der Waals surface area contributed by atoms with Gasteiger partial charge in [0.05, 0.1) is 6.61 Å². The third-order valence-corrected chi connectivity index (χ3v) is 9.01. The molecule has 4 atom stereocenters. The molecular formula is C26H48Na2O10S2. The fraction of sp³-hybridized carbons (Fsp3) is 0.923. The van der Waals surface area contributed by atoms with Gasteiger partial charge in [-0.15, -0.1) is 0 Å². The number of carbonyl (C=O) groups is 2. The Morgan fingerprint density at radius 2 is 1.25 bits per heavy atom. The van der Waals surface area contributed by atoms with E-state index in [1.54, 1.807) is 6.92 Å². The standard InChI is InChI=1S/C26H50O10S2.2Na/c1-5-9-16-21(7-3)20-35-24(27)19-15-13-11-12-14-18-23(37(29,30)31)25(28)36-26(38(32,33)34)22(8-4)17-10-6-2;;/h21-23,26H,5-20H2,1-4H3,(H,29,30,31)(H,32,33,34);;/q;2*+1/p-2. The molecule has 0 aliphatic carbocycles. The summed E-state index contributed by atoms with van der Waals surface area (Å²) in [6.07, 6.45) is 8.70. The molecule has 0 N–H and O–H groups in total. The first kappa shape index (κ1) is 45.2. The van der Waals surface area contributed by atoms with Gasteiger partial charge in [0.25, 0.3) is 0 Å². The van der Waals surface area contributed by atoms with Crippen molar-refractivity contribution in [2.45, 2.75) is 135 Å². The minimum atomic E-state index is -5.12. The maximum absolute atomic E-state index is 12.5. The minimum absolute atomic E-state index is 0. The summed E-state index contributed by atoms with van der Waals surface area (Å²) in [5.74, 6) is -2.14. The van der Waals surface area contributed by atoms with Crippen LogP contribution in [0, 0.1) is 11.8 Å². The number of carbonyl (C=O) groups excluding carboxylic acids is 2. The summed E-state index contributed by atoms with van der Waals surface area (Å²) >= 11 is 0. The molecule has 0 aliphatic heterocycles. The van der Waals surface area contributed by atoms with Crippen LogP contribution < -0.4 is 59.1 Å². The Morgan fingerprint density at radius 1 is 0.700 bits per heavy atom. The Morgan fingerprint density at radius 3 is 1.75 bits per heavy atom. The molecule has 0 saturated heterocycles. The smallest absolute Gasteiger partial charge is 0.747 e. The number of rotatable bonds is 23. The summed E-state index contributed by atoms with van der Waals surface area (Å²) in [5.41, 5.74) is -2.03. The Kier molecular flexibility index (Phi) is 28.4. The molecule has 4 unspecified atom stereocenters. The summed E-state index contributed by atoms with van der Waals surface area (Å²) in [7, 11) is -10.2. The second-order valence-electron chi connectivity index (χ2n) is 10.00. The van der Waals surface area contributed by atoms with Crippen LogP contribution >= 0.6 is 0 Å². The van der Waals surface area contributed by atoms with Gasteiger partial charge in [0.1, 0.15) is 25.5 Å². The Hall–Kier alpha value is 0.760. The first-order chi connectivity index (χ1) is 17.8. The van der Waals surface area contributed by atoms with Gasteiger partial charge < -0.3 is 18.6 Å². The van der Waals surface area contributed by atoms with Crippen molar-refractivity contribution in [1.29, 1.82) is 0 Å². The zero-order chi connectivity index (χ0) is 29.2. The van der Waals surface area contributed by atoms with Gasteiger partial charge in [0, 0.05) is 12.3 Å². The summed E-state index contributed by atoms with van der Waals surface area (Å²) in [4.78, 5) is 24.5. The van der Waals surface area contributed by atoms with Crippen molar-refractivity contribution in [3.63, 3.8) is 0 Å². The van der Waals surface area contributed by atoms with E-state index in [2.05, 4.69) is 13.8 Å². The third kappa shape index (κ3) is 20.6. The van der Waals surface area contributed by atoms with Gasteiger partial charge in [-0.3, -0.25) is 9.59 Å². The molecule has 0 rings (SSSR count). The van der Waals surface area contributed by atoms with Gasteiger partial charge >= 0.3 is 71.1 Å². The predicted molar refractivity (Wildman–Crippen MR) is 143 cm³/mol. The van der Waals surface area contributed by atoms with Gasteiger partial charge in [-0.05, 0) is 38.0 Å². The van der Waals surface area contributed by atoms with E-state index in [9.17, 15) is 35.5 Å². The molecule has 0 aliphatic rings. The second-order valence-corrected chi connectivity index (χ2v) is 13.0. The number of hydrogen-bond acceptors (Lipinski definition) is 10. The van der Waals surface area contributed by atoms with Gasteiger partial charge in [-0.25, -0.2) is 16.8 Å². The van der Waals surface area contributed by atoms with Crippen LogP contribution in [0.1, 0.15) is 124 Å². The molecule has 40 heavy (non-hydrogen) atoms. The van der Waals surface area contributed by atoms with Crippen molar-refractivity contribution < 1.29 is 104 Å². The van der Waals surface area contributed by atoms with Crippen LogP contribution in [0.2, 0.25) is 0 Å². The van der Waals surface area contributed by atoms with Crippen LogP contribution in [0.3, 0.4) is 0 Å². The van der Waals surface area contributed by atoms with E-state index >= 15 is 0 Å². The van der Waals surface area contributed by atoms with Crippen LogP contribution in [-0.2, 0) is 39.3 Å². The minimum Gasteiger partial charge on any atom is -0.747 e. The van der Waals surface area contributed by atoms with E-state index in [0.717, 1.165) is 32.1 Å². The van der Waals surface area contributed by atoms with E-state index < -0.39 is 42.8 Å². The molecule has 0 saturated carbocycles. The number of hydrogen-bond donors (Lipinski definition) is 0. The van der Waals surface area contributed by atoms with Crippen LogP contribution in [-0.4, -0.2) is 55.2 Å². The van der Waals surface area contributed by atoms with Gasteiger partial charge in [-0.2, -0.15) is 0 Å². The monoisotopic (exact) mass is 630 g/mol. The summed E-state index contributed by atoms with van der Waals surface area (Å²) in [6.45, 7) is 8.16. The predicted octanol–water partition coefficient (Wildman–Crippen LogP) is -0.971. The Bertz CT molecular complexity index is 882. The van der Waals surface area contributed by atoms with E-state index in [1.807, 2.05) is 6.92 Å². The van der Waals surface area contributed by atoms with Crippen molar-refractivity contribution in [2.75, 3.05) is 6.61 Å². The molecule has 0 amide bonds. The molecule has 0 aromatic carbocycles.